The Balaban J connectivity index is 1.27. The van der Waals surface area contributed by atoms with E-state index in [9.17, 15) is 19.5 Å². The van der Waals surface area contributed by atoms with Gasteiger partial charge in [-0.2, -0.15) is 0 Å². The third kappa shape index (κ3) is 8.03. The predicted octanol–water partition coefficient (Wildman–Crippen LogP) is 3.24. The van der Waals surface area contributed by atoms with Crippen LogP contribution >= 0.6 is 0 Å². The number of aliphatic hydroxyl groups excluding tert-OH is 1. The molecule has 44 heavy (non-hydrogen) atoms. The second kappa shape index (κ2) is 14.4. The summed E-state index contributed by atoms with van der Waals surface area (Å²) in [6.45, 7) is 0.714. The van der Waals surface area contributed by atoms with Crippen molar-refractivity contribution >= 4 is 39.4 Å². The minimum Gasteiger partial charge on any atom is -0.390 e. The first-order valence-electron chi connectivity index (χ1n) is 14.5. The van der Waals surface area contributed by atoms with Gasteiger partial charge in [0.05, 0.1) is 24.1 Å². The molecule has 1 heterocycles. The minimum atomic E-state index is -1.26. The molecule has 0 aliphatic heterocycles. The maximum Gasteiger partial charge on any atom is 0.270 e. The molecular weight excluding hydrogens is 554 g/mol. The number of primary amides is 1. The van der Waals surface area contributed by atoms with Gasteiger partial charge < -0.3 is 26.8 Å². The molecule has 224 valence electrons. The van der Waals surface area contributed by atoms with Crippen LogP contribution in [0.3, 0.4) is 0 Å². The molecule has 3 atom stereocenters. The Bertz CT molecular complexity index is 1760. The summed E-state index contributed by atoms with van der Waals surface area (Å²) >= 11 is 0. The lowest BCUT2D eigenvalue weighted by molar-refractivity contribution is -0.128. The van der Waals surface area contributed by atoms with Gasteiger partial charge in [-0.05, 0) is 46.5 Å². The molecule has 9 nitrogen and oxygen atoms in total. The summed E-state index contributed by atoms with van der Waals surface area (Å²) in [5.74, 6) is -2.00. The zero-order chi connectivity index (χ0) is 30.9. The number of nitrogens with two attached hydrogens (primary N) is 1. The number of hydrogen-bond donors (Lipinski definition) is 5. The molecular formula is C35H35N5O4. The number of para-hydroxylation sites is 1. The van der Waals surface area contributed by atoms with Crippen LogP contribution in [0.25, 0.3) is 21.7 Å². The van der Waals surface area contributed by atoms with Gasteiger partial charge in [0.1, 0.15) is 11.7 Å². The van der Waals surface area contributed by atoms with Crippen LogP contribution in [-0.2, 0) is 22.6 Å². The molecule has 0 aliphatic rings. The summed E-state index contributed by atoms with van der Waals surface area (Å²) in [6, 6.07) is 32.4. The second-order valence-corrected chi connectivity index (χ2v) is 10.8. The maximum absolute atomic E-state index is 13.5. The van der Waals surface area contributed by atoms with Crippen molar-refractivity contribution in [3.63, 3.8) is 0 Å². The highest BCUT2D eigenvalue weighted by Gasteiger charge is 2.29. The Morgan fingerprint density at radius 3 is 2.20 bits per heavy atom. The molecule has 0 radical (unpaired) electrons. The lowest BCUT2D eigenvalue weighted by atomic mass is 10.00. The number of rotatable bonds is 13. The number of fused-ring (bicyclic) bond motifs is 2. The molecule has 0 saturated heterocycles. The molecule has 0 fully saturated rings. The van der Waals surface area contributed by atoms with Gasteiger partial charge in [0, 0.05) is 18.5 Å². The average Bonchev–Trinajstić information content (AvgIpc) is 3.04. The van der Waals surface area contributed by atoms with Crippen molar-refractivity contribution in [2.24, 2.45) is 5.73 Å². The second-order valence-electron chi connectivity index (χ2n) is 10.8. The quantitative estimate of drug-likeness (QED) is 0.143. The van der Waals surface area contributed by atoms with Crippen LogP contribution in [-0.4, -0.2) is 52.5 Å². The Hall–Kier alpha value is -5.12. The molecule has 0 bridgehead atoms. The molecule has 9 heteroatoms. The molecule has 3 amide bonds. The van der Waals surface area contributed by atoms with Crippen LogP contribution in [0.4, 0.5) is 0 Å². The number of pyridine rings is 1. The fourth-order valence-electron chi connectivity index (χ4n) is 5.13. The topological polar surface area (TPSA) is 146 Å². The Morgan fingerprint density at radius 2 is 1.43 bits per heavy atom. The Labute approximate surface area is 255 Å². The van der Waals surface area contributed by atoms with Crippen molar-refractivity contribution in [2.45, 2.75) is 37.6 Å². The van der Waals surface area contributed by atoms with E-state index in [4.69, 9.17) is 5.73 Å². The zero-order valence-corrected chi connectivity index (χ0v) is 24.1. The third-order valence-corrected chi connectivity index (χ3v) is 7.45. The van der Waals surface area contributed by atoms with E-state index in [2.05, 4.69) is 45.2 Å². The number of carbonyl (C=O) groups excluding carboxylic acids is 3. The highest BCUT2D eigenvalue weighted by molar-refractivity contribution is 5.99. The Morgan fingerprint density at radius 1 is 0.750 bits per heavy atom. The number of nitrogens with zero attached hydrogens (tertiary/aromatic N) is 1. The van der Waals surface area contributed by atoms with Crippen molar-refractivity contribution < 1.29 is 19.5 Å². The van der Waals surface area contributed by atoms with Crippen LogP contribution in [0.15, 0.2) is 109 Å². The van der Waals surface area contributed by atoms with E-state index >= 15 is 0 Å². The van der Waals surface area contributed by atoms with E-state index in [1.54, 1.807) is 18.2 Å². The SMILES string of the molecule is NC(=O)CC(NC(=O)c1ccc2ccccc2n1)C(=O)NC(Cc1ccccc1)C(O)CNCc1ccc2ccccc2c1. The molecule has 0 spiro atoms. The number of amides is 3. The van der Waals surface area contributed by atoms with Crippen LogP contribution in [0.1, 0.15) is 28.0 Å². The van der Waals surface area contributed by atoms with E-state index in [1.165, 1.54) is 0 Å². The highest BCUT2D eigenvalue weighted by atomic mass is 16.3. The molecule has 0 aliphatic carbocycles. The van der Waals surface area contributed by atoms with Crippen molar-refractivity contribution in [1.82, 2.24) is 20.9 Å². The summed E-state index contributed by atoms with van der Waals surface area (Å²) in [5, 5.41) is 23.1. The van der Waals surface area contributed by atoms with Gasteiger partial charge in [-0.1, -0.05) is 91.0 Å². The summed E-state index contributed by atoms with van der Waals surface area (Å²) in [5.41, 5.74) is 8.14. The van der Waals surface area contributed by atoms with Crippen molar-refractivity contribution in [1.29, 1.82) is 0 Å². The van der Waals surface area contributed by atoms with Gasteiger partial charge in [0.15, 0.2) is 0 Å². The lowest BCUT2D eigenvalue weighted by Crippen LogP contribution is -2.55. The normalized spacial score (nSPS) is 13.2. The minimum absolute atomic E-state index is 0.102. The molecule has 4 aromatic carbocycles. The molecule has 0 saturated carbocycles. The van der Waals surface area contributed by atoms with Crippen molar-refractivity contribution in [3.8, 4) is 0 Å². The maximum atomic E-state index is 13.5. The standard InChI is InChI=1S/C35H35N5O4/c36-33(42)20-31(40-34(43)29-17-16-26-11-6-7-13-28(26)38-29)35(44)39-30(19-23-8-2-1-3-9-23)32(41)22-37-21-24-14-15-25-10-4-5-12-27(25)18-24/h1-18,30-32,37,41H,19-22H2,(H2,36,42)(H,39,44)(H,40,43). The monoisotopic (exact) mass is 589 g/mol. The fraction of sp³-hybridized carbons (Fsp3) is 0.200. The smallest absolute Gasteiger partial charge is 0.270 e. The number of nitrogens with one attached hydrogen (secondary N) is 3. The largest absolute Gasteiger partial charge is 0.390 e. The van der Waals surface area contributed by atoms with Crippen molar-refractivity contribution in [3.05, 3.63) is 126 Å². The molecule has 3 unspecified atom stereocenters. The first-order chi connectivity index (χ1) is 21.4. The number of hydrogen-bond acceptors (Lipinski definition) is 6. The molecule has 5 aromatic rings. The first-order valence-corrected chi connectivity index (χ1v) is 14.5. The van der Waals surface area contributed by atoms with Gasteiger partial charge in [-0.25, -0.2) is 4.98 Å². The molecule has 6 N–H and O–H groups in total. The third-order valence-electron chi connectivity index (χ3n) is 7.45. The lowest BCUT2D eigenvalue weighted by Gasteiger charge is -2.27. The van der Waals surface area contributed by atoms with E-state index < -0.39 is 42.3 Å². The van der Waals surface area contributed by atoms with Gasteiger partial charge >= 0.3 is 0 Å². The van der Waals surface area contributed by atoms with E-state index in [1.807, 2.05) is 66.7 Å². The number of benzene rings is 4. The summed E-state index contributed by atoms with van der Waals surface area (Å²) in [6.07, 6.45) is -1.07. The van der Waals surface area contributed by atoms with E-state index in [-0.39, 0.29) is 12.2 Å². The molecule has 1 aromatic heterocycles. The highest BCUT2D eigenvalue weighted by Crippen LogP contribution is 2.16. The molecule has 5 rings (SSSR count). The predicted molar refractivity (Wildman–Crippen MR) is 171 cm³/mol. The van der Waals surface area contributed by atoms with Crippen LogP contribution in [0.5, 0.6) is 0 Å². The van der Waals surface area contributed by atoms with Gasteiger partial charge in [-0.15, -0.1) is 0 Å². The average molecular weight is 590 g/mol. The van der Waals surface area contributed by atoms with Crippen LogP contribution < -0.4 is 21.7 Å². The number of aliphatic hydroxyl groups is 1. The van der Waals surface area contributed by atoms with Gasteiger partial charge in [0.25, 0.3) is 5.91 Å². The number of carbonyl (C=O) groups is 3. The van der Waals surface area contributed by atoms with Crippen LogP contribution in [0.2, 0.25) is 0 Å². The summed E-state index contributed by atoms with van der Waals surface area (Å²) < 4.78 is 0. The van der Waals surface area contributed by atoms with Gasteiger partial charge in [0.2, 0.25) is 11.8 Å². The Kier molecular flexibility index (Phi) is 9.91. The summed E-state index contributed by atoms with van der Waals surface area (Å²) in [7, 11) is 0. The number of aromatic nitrogens is 1. The van der Waals surface area contributed by atoms with Crippen molar-refractivity contribution in [2.75, 3.05) is 6.54 Å². The van der Waals surface area contributed by atoms with E-state index in [0.717, 1.165) is 27.3 Å². The van der Waals surface area contributed by atoms with E-state index in [0.29, 0.717) is 18.5 Å². The zero-order valence-electron chi connectivity index (χ0n) is 24.1. The summed E-state index contributed by atoms with van der Waals surface area (Å²) in [4.78, 5) is 42.9. The fourth-order valence-corrected chi connectivity index (χ4v) is 5.13. The first kappa shape index (κ1) is 30.3. The van der Waals surface area contributed by atoms with Crippen LogP contribution in [0, 0.1) is 0 Å². The van der Waals surface area contributed by atoms with Gasteiger partial charge in [-0.3, -0.25) is 14.4 Å².